The van der Waals surface area contributed by atoms with Crippen molar-refractivity contribution in [3.8, 4) is 5.75 Å². The first kappa shape index (κ1) is 17.5. The number of amides is 2. The van der Waals surface area contributed by atoms with Crippen molar-refractivity contribution in [1.82, 2.24) is 5.32 Å². The van der Waals surface area contributed by atoms with Gasteiger partial charge in [0.2, 0.25) is 5.91 Å². The minimum atomic E-state index is -0.680. The number of phenolic OH excluding ortho intramolecular Hbond substituents is 1. The fraction of sp³-hybridized carbons (Fsp3) is 0.263. The molecule has 0 aliphatic heterocycles. The van der Waals surface area contributed by atoms with Crippen LogP contribution < -0.4 is 10.6 Å². The van der Waals surface area contributed by atoms with Crippen LogP contribution in [0.4, 0.5) is 5.69 Å². The van der Waals surface area contributed by atoms with Gasteiger partial charge >= 0.3 is 0 Å². The minimum Gasteiger partial charge on any atom is -0.508 e. The number of anilines is 1. The summed E-state index contributed by atoms with van der Waals surface area (Å²) in [4.78, 5) is 24.9. The molecule has 0 fully saturated rings. The first-order chi connectivity index (χ1) is 11.4. The molecule has 0 bridgehead atoms. The van der Waals surface area contributed by atoms with E-state index in [9.17, 15) is 14.7 Å². The van der Waals surface area contributed by atoms with E-state index in [0.717, 1.165) is 5.56 Å². The summed E-state index contributed by atoms with van der Waals surface area (Å²) in [6, 6.07) is 12.8. The third-order valence-corrected chi connectivity index (χ3v) is 3.63. The summed E-state index contributed by atoms with van der Waals surface area (Å²) >= 11 is 0. The van der Waals surface area contributed by atoms with E-state index in [0.29, 0.717) is 11.3 Å². The van der Waals surface area contributed by atoms with Crippen molar-refractivity contribution in [3.05, 3.63) is 59.7 Å². The Hall–Kier alpha value is -2.82. The molecule has 126 valence electrons. The maximum absolute atomic E-state index is 12.5. The second kappa shape index (κ2) is 7.64. The molecule has 2 aromatic rings. The van der Waals surface area contributed by atoms with Crippen LogP contribution in [-0.2, 0) is 4.79 Å². The number of carbonyl (C=O) groups is 2. The van der Waals surface area contributed by atoms with E-state index in [1.54, 1.807) is 30.3 Å². The highest BCUT2D eigenvalue weighted by atomic mass is 16.3. The molecule has 24 heavy (non-hydrogen) atoms. The van der Waals surface area contributed by atoms with Gasteiger partial charge in [0, 0.05) is 17.3 Å². The van der Waals surface area contributed by atoms with Gasteiger partial charge in [0.05, 0.1) is 0 Å². The van der Waals surface area contributed by atoms with Gasteiger partial charge in [0.1, 0.15) is 11.8 Å². The van der Waals surface area contributed by atoms with E-state index in [-0.39, 0.29) is 23.5 Å². The smallest absolute Gasteiger partial charge is 0.251 e. The maximum atomic E-state index is 12.5. The van der Waals surface area contributed by atoms with Crippen LogP contribution >= 0.6 is 0 Å². The molecule has 0 spiro atoms. The largest absolute Gasteiger partial charge is 0.508 e. The van der Waals surface area contributed by atoms with Crippen molar-refractivity contribution >= 4 is 17.5 Å². The molecule has 0 saturated heterocycles. The summed E-state index contributed by atoms with van der Waals surface area (Å²) in [7, 11) is 0. The number of hydrogen-bond donors (Lipinski definition) is 3. The predicted octanol–water partition coefficient (Wildman–Crippen LogP) is 3.09. The normalized spacial score (nSPS) is 11.8. The quantitative estimate of drug-likeness (QED) is 0.790. The molecule has 5 nitrogen and oxygen atoms in total. The molecule has 0 radical (unpaired) electrons. The van der Waals surface area contributed by atoms with Crippen LogP contribution in [0.3, 0.4) is 0 Å². The number of aryl methyl sites for hydroxylation is 1. The SMILES string of the molecule is Cc1cccc(C(=O)NC(C(=O)Nc2cccc(O)c2)C(C)C)c1. The lowest BCUT2D eigenvalue weighted by Crippen LogP contribution is -2.47. The lowest BCUT2D eigenvalue weighted by molar-refractivity contribution is -0.118. The summed E-state index contributed by atoms with van der Waals surface area (Å²) in [6.45, 7) is 5.64. The van der Waals surface area contributed by atoms with Gasteiger partial charge in [-0.15, -0.1) is 0 Å². The summed E-state index contributed by atoms with van der Waals surface area (Å²) in [6.07, 6.45) is 0. The molecule has 3 N–H and O–H groups in total. The third kappa shape index (κ3) is 4.59. The number of benzene rings is 2. The minimum absolute atomic E-state index is 0.0673. The fourth-order valence-corrected chi connectivity index (χ4v) is 2.35. The topological polar surface area (TPSA) is 78.4 Å². The van der Waals surface area contributed by atoms with E-state index in [1.165, 1.54) is 12.1 Å². The van der Waals surface area contributed by atoms with E-state index in [4.69, 9.17) is 0 Å². The van der Waals surface area contributed by atoms with Crippen LogP contribution in [0, 0.1) is 12.8 Å². The summed E-state index contributed by atoms with van der Waals surface area (Å²) in [5.74, 6) is -0.631. The molecule has 2 amide bonds. The van der Waals surface area contributed by atoms with Crippen molar-refractivity contribution in [3.63, 3.8) is 0 Å². The Bertz CT molecular complexity index is 741. The van der Waals surface area contributed by atoms with E-state index in [1.807, 2.05) is 26.8 Å². The number of rotatable bonds is 5. The molecular formula is C19H22N2O3. The number of hydrogen-bond acceptors (Lipinski definition) is 3. The Labute approximate surface area is 141 Å². The Balaban J connectivity index is 2.11. The monoisotopic (exact) mass is 326 g/mol. The number of nitrogens with one attached hydrogen (secondary N) is 2. The van der Waals surface area contributed by atoms with Crippen LogP contribution in [0.1, 0.15) is 29.8 Å². The van der Waals surface area contributed by atoms with Gasteiger partial charge < -0.3 is 15.7 Å². The van der Waals surface area contributed by atoms with Gasteiger partial charge in [-0.2, -0.15) is 0 Å². The molecule has 0 heterocycles. The van der Waals surface area contributed by atoms with Crippen LogP contribution in [0.2, 0.25) is 0 Å². The van der Waals surface area contributed by atoms with Crippen molar-refractivity contribution < 1.29 is 14.7 Å². The second-order valence-electron chi connectivity index (χ2n) is 6.10. The first-order valence-electron chi connectivity index (χ1n) is 7.84. The van der Waals surface area contributed by atoms with Crippen LogP contribution in [0.25, 0.3) is 0 Å². The van der Waals surface area contributed by atoms with Crippen molar-refractivity contribution in [2.75, 3.05) is 5.32 Å². The highest BCUT2D eigenvalue weighted by Crippen LogP contribution is 2.16. The summed E-state index contributed by atoms with van der Waals surface area (Å²) in [5, 5.41) is 15.0. The third-order valence-electron chi connectivity index (χ3n) is 3.63. The standard InChI is InChI=1S/C19H22N2O3/c1-12(2)17(19(24)20-15-8-5-9-16(22)11-15)21-18(23)14-7-4-6-13(3)10-14/h4-12,17,22H,1-3H3,(H,20,24)(H,21,23). The molecule has 2 rings (SSSR count). The van der Waals surface area contributed by atoms with Gasteiger partial charge in [-0.3, -0.25) is 9.59 Å². The van der Waals surface area contributed by atoms with E-state index in [2.05, 4.69) is 10.6 Å². The average Bonchev–Trinajstić information content (AvgIpc) is 2.52. The molecular weight excluding hydrogens is 304 g/mol. The number of phenols is 1. The lowest BCUT2D eigenvalue weighted by atomic mass is 10.0. The fourth-order valence-electron chi connectivity index (χ4n) is 2.35. The van der Waals surface area contributed by atoms with Gasteiger partial charge in [0.25, 0.3) is 5.91 Å². The second-order valence-corrected chi connectivity index (χ2v) is 6.10. The van der Waals surface area contributed by atoms with Crippen molar-refractivity contribution in [2.45, 2.75) is 26.8 Å². The van der Waals surface area contributed by atoms with Gasteiger partial charge in [-0.05, 0) is 37.1 Å². The first-order valence-corrected chi connectivity index (χ1v) is 7.84. The van der Waals surface area contributed by atoms with Crippen LogP contribution in [0.5, 0.6) is 5.75 Å². The van der Waals surface area contributed by atoms with Gasteiger partial charge in [-0.25, -0.2) is 0 Å². The molecule has 0 aliphatic rings. The number of aromatic hydroxyl groups is 1. The molecule has 1 unspecified atom stereocenters. The Morgan fingerprint density at radius 3 is 2.38 bits per heavy atom. The van der Waals surface area contributed by atoms with Gasteiger partial charge in [-0.1, -0.05) is 37.6 Å². The van der Waals surface area contributed by atoms with E-state index >= 15 is 0 Å². The van der Waals surface area contributed by atoms with Crippen LogP contribution in [0.15, 0.2) is 48.5 Å². The Morgan fingerprint density at radius 1 is 1.04 bits per heavy atom. The van der Waals surface area contributed by atoms with Gasteiger partial charge in [0.15, 0.2) is 0 Å². The molecule has 0 aliphatic carbocycles. The summed E-state index contributed by atoms with van der Waals surface area (Å²) in [5.41, 5.74) is 1.98. The van der Waals surface area contributed by atoms with Crippen molar-refractivity contribution in [2.24, 2.45) is 5.92 Å². The molecule has 1 atom stereocenters. The van der Waals surface area contributed by atoms with Crippen LogP contribution in [-0.4, -0.2) is 23.0 Å². The zero-order valence-corrected chi connectivity index (χ0v) is 14.0. The zero-order valence-electron chi connectivity index (χ0n) is 14.0. The maximum Gasteiger partial charge on any atom is 0.251 e. The van der Waals surface area contributed by atoms with E-state index < -0.39 is 6.04 Å². The molecule has 0 aromatic heterocycles. The lowest BCUT2D eigenvalue weighted by Gasteiger charge is -2.22. The highest BCUT2D eigenvalue weighted by Gasteiger charge is 2.24. The number of carbonyl (C=O) groups excluding carboxylic acids is 2. The van der Waals surface area contributed by atoms with Crippen molar-refractivity contribution in [1.29, 1.82) is 0 Å². The Kier molecular flexibility index (Phi) is 5.58. The summed E-state index contributed by atoms with van der Waals surface area (Å²) < 4.78 is 0. The molecule has 2 aromatic carbocycles. The average molecular weight is 326 g/mol. The Morgan fingerprint density at radius 2 is 1.75 bits per heavy atom. The molecule has 0 saturated carbocycles. The zero-order chi connectivity index (χ0) is 17.7. The molecule has 5 heteroatoms. The highest BCUT2D eigenvalue weighted by molar-refractivity contribution is 6.01. The predicted molar refractivity (Wildman–Crippen MR) is 94.0 cm³/mol.